The number of aryl methyl sites for hydroxylation is 1. The van der Waals surface area contributed by atoms with Crippen LogP contribution in [0.5, 0.6) is 5.75 Å². The molecule has 1 saturated heterocycles. The van der Waals surface area contributed by atoms with Crippen LogP contribution in [0.25, 0.3) is 0 Å². The number of nitrogens with one attached hydrogen (secondary N) is 1. The molecular weight excluding hydrogens is 428 g/mol. The minimum atomic E-state index is -3.72. The maximum Gasteiger partial charge on any atom is 0.253 e. The molecule has 2 N–H and O–H groups in total. The van der Waals surface area contributed by atoms with Crippen molar-refractivity contribution < 1.29 is 18.3 Å². The van der Waals surface area contributed by atoms with Crippen LogP contribution in [-0.4, -0.2) is 36.3 Å². The van der Waals surface area contributed by atoms with Crippen molar-refractivity contribution in [2.75, 3.05) is 11.9 Å². The van der Waals surface area contributed by atoms with Gasteiger partial charge >= 0.3 is 0 Å². The van der Waals surface area contributed by atoms with Crippen LogP contribution in [0.2, 0.25) is 0 Å². The lowest BCUT2D eigenvalue weighted by Crippen LogP contribution is -2.42. The summed E-state index contributed by atoms with van der Waals surface area (Å²) in [5.74, 6) is -0.473. The van der Waals surface area contributed by atoms with E-state index in [1.54, 1.807) is 24.3 Å². The first-order valence-electron chi connectivity index (χ1n) is 7.67. The number of anilines is 1. The number of phenols is 1. The van der Waals surface area contributed by atoms with Crippen molar-refractivity contribution in [2.45, 2.75) is 30.0 Å². The molecule has 0 unspecified atom stereocenters. The summed E-state index contributed by atoms with van der Waals surface area (Å²) in [6.45, 7) is 2.13. The molecule has 3 rings (SSSR count). The van der Waals surface area contributed by atoms with Gasteiger partial charge in [-0.25, -0.2) is 8.42 Å². The number of hydrogen-bond acceptors (Lipinski definition) is 5. The molecule has 1 amide bonds. The fourth-order valence-electron chi connectivity index (χ4n) is 2.81. The highest BCUT2D eigenvalue weighted by molar-refractivity contribution is 9.11. The van der Waals surface area contributed by atoms with Crippen molar-refractivity contribution >= 4 is 48.9 Å². The molecule has 1 aliphatic heterocycles. The Morgan fingerprint density at radius 3 is 2.76 bits per heavy atom. The first kappa shape index (κ1) is 18.4. The Balaban J connectivity index is 1.82. The van der Waals surface area contributed by atoms with E-state index in [4.69, 9.17) is 0 Å². The highest BCUT2D eigenvalue weighted by atomic mass is 79.9. The van der Waals surface area contributed by atoms with Crippen LogP contribution in [0.4, 0.5) is 5.69 Å². The van der Waals surface area contributed by atoms with Crippen molar-refractivity contribution in [3.05, 3.63) is 39.7 Å². The summed E-state index contributed by atoms with van der Waals surface area (Å²) < 4.78 is 27.8. The number of halogens is 1. The van der Waals surface area contributed by atoms with Crippen molar-refractivity contribution in [3.63, 3.8) is 0 Å². The highest BCUT2D eigenvalue weighted by Gasteiger charge is 2.40. The molecular formula is C16H17BrN2O4S2. The van der Waals surface area contributed by atoms with E-state index in [-0.39, 0.29) is 15.6 Å². The summed E-state index contributed by atoms with van der Waals surface area (Å²) in [4.78, 5) is 12.6. The van der Waals surface area contributed by atoms with E-state index >= 15 is 0 Å². The number of hydrogen-bond donors (Lipinski definition) is 2. The minimum Gasteiger partial charge on any atom is -0.506 e. The average Bonchev–Trinajstić information content (AvgIpc) is 3.19. The zero-order valence-electron chi connectivity index (χ0n) is 13.4. The molecule has 0 radical (unpaired) electrons. The van der Waals surface area contributed by atoms with E-state index in [0.29, 0.717) is 19.4 Å². The van der Waals surface area contributed by atoms with Crippen LogP contribution >= 0.6 is 27.3 Å². The van der Waals surface area contributed by atoms with Gasteiger partial charge in [-0.05, 0) is 65.5 Å². The number of carbonyl (C=O) groups excluding carboxylic acids is 1. The number of thiophene rings is 1. The number of benzene rings is 1. The summed E-state index contributed by atoms with van der Waals surface area (Å²) in [6.07, 6.45) is 1.06. The monoisotopic (exact) mass is 444 g/mol. The van der Waals surface area contributed by atoms with Crippen LogP contribution in [0.15, 0.2) is 38.3 Å². The lowest BCUT2D eigenvalue weighted by atomic mass is 10.2. The van der Waals surface area contributed by atoms with Gasteiger partial charge in [-0.15, -0.1) is 11.3 Å². The topological polar surface area (TPSA) is 86.7 Å². The number of carbonyl (C=O) groups is 1. The standard InChI is InChI=1S/C16H17BrN2O4S2/c1-10-4-5-11(13(20)9-10)18-16(21)12-3-2-8-19(12)25(22,23)15-7-6-14(17)24-15/h4-7,9,12,20H,2-3,8H2,1H3,(H,18,21)/t12-/m1/s1. The molecule has 134 valence electrons. The number of aromatic hydroxyl groups is 1. The summed E-state index contributed by atoms with van der Waals surface area (Å²) in [6, 6.07) is 7.33. The van der Waals surface area contributed by atoms with E-state index in [1.165, 1.54) is 10.4 Å². The number of amides is 1. The fraction of sp³-hybridized carbons (Fsp3) is 0.312. The van der Waals surface area contributed by atoms with Gasteiger partial charge < -0.3 is 10.4 Å². The third-order valence-corrected chi connectivity index (χ3v) is 8.03. The van der Waals surface area contributed by atoms with Gasteiger partial charge in [0.1, 0.15) is 16.0 Å². The first-order chi connectivity index (χ1) is 11.8. The SMILES string of the molecule is Cc1ccc(NC(=O)[C@H]2CCCN2S(=O)(=O)c2ccc(Br)s2)c(O)c1. The molecule has 9 heteroatoms. The lowest BCUT2D eigenvalue weighted by molar-refractivity contribution is -0.119. The van der Waals surface area contributed by atoms with Crippen LogP contribution < -0.4 is 5.32 Å². The zero-order chi connectivity index (χ0) is 18.2. The molecule has 25 heavy (non-hydrogen) atoms. The predicted molar refractivity (Wildman–Crippen MR) is 100 cm³/mol. The molecule has 1 aromatic heterocycles. The average molecular weight is 445 g/mol. The summed E-state index contributed by atoms with van der Waals surface area (Å²) in [5.41, 5.74) is 1.14. The van der Waals surface area contributed by atoms with Crippen molar-refractivity contribution in [1.82, 2.24) is 4.31 Å². The molecule has 2 heterocycles. The predicted octanol–water partition coefficient (Wildman–Crippen LogP) is 3.32. The van der Waals surface area contributed by atoms with Crippen molar-refractivity contribution in [3.8, 4) is 5.75 Å². The second kappa shape index (κ2) is 7.06. The normalized spacial score (nSPS) is 18.4. The Labute approximate surface area is 158 Å². The van der Waals surface area contributed by atoms with Gasteiger partial charge in [-0.3, -0.25) is 4.79 Å². The van der Waals surface area contributed by atoms with E-state index in [0.717, 1.165) is 20.7 Å². The van der Waals surface area contributed by atoms with Gasteiger partial charge in [0, 0.05) is 6.54 Å². The van der Waals surface area contributed by atoms with Gasteiger partial charge in [0.05, 0.1) is 9.47 Å². The van der Waals surface area contributed by atoms with Crippen LogP contribution in [-0.2, 0) is 14.8 Å². The smallest absolute Gasteiger partial charge is 0.253 e. The Morgan fingerprint density at radius 1 is 1.36 bits per heavy atom. The van der Waals surface area contributed by atoms with Crippen molar-refractivity contribution in [2.24, 2.45) is 0 Å². The summed E-state index contributed by atoms with van der Waals surface area (Å²) in [5, 5.41) is 12.6. The van der Waals surface area contributed by atoms with Gasteiger partial charge in [0.25, 0.3) is 10.0 Å². The maximum atomic E-state index is 12.8. The van der Waals surface area contributed by atoms with Crippen LogP contribution in [0.1, 0.15) is 18.4 Å². The van der Waals surface area contributed by atoms with Crippen molar-refractivity contribution in [1.29, 1.82) is 0 Å². The number of rotatable bonds is 4. The van der Waals surface area contributed by atoms with E-state index in [9.17, 15) is 18.3 Å². The quantitative estimate of drug-likeness (QED) is 0.707. The number of sulfonamides is 1. The second-order valence-corrected chi connectivity index (χ2v) is 10.4. The summed E-state index contributed by atoms with van der Waals surface area (Å²) in [7, 11) is -3.72. The number of nitrogens with zero attached hydrogens (tertiary/aromatic N) is 1. The molecule has 1 aromatic carbocycles. The highest BCUT2D eigenvalue weighted by Crippen LogP contribution is 2.33. The second-order valence-electron chi connectivity index (χ2n) is 5.84. The fourth-order valence-corrected chi connectivity index (χ4v) is 6.60. The van der Waals surface area contributed by atoms with Gasteiger partial charge in [-0.1, -0.05) is 6.07 Å². The van der Waals surface area contributed by atoms with E-state index in [2.05, 4.69) is 21.2 Å². The number of phenolic OH excluding ortho intramolecular Hbond substituents is 1. The van der Waals surface area contributed by atoms with E-state index in [1.807, 2.05) is 6.92 Å². The van der Waals surface area contributed by atoms with E-state index < -0.39 is 22.0 Å². The Bertz CT molecular complexity index is 911. The van der Waals surface area contributed by atoms with Gasteiger partial charge in [-0.2, -0.15) is 4.31 Å². The molecule has 0 bridgehead atoms. The maximum absolute atomic E-state index is 12.8. The molecule has 2 aromatic rings. The molecule has 1 aliphatic rings. The van der Waals surface area contributed by atoms with Gasteiger partial charge in [0.15, 0.2) is 0 Å². The Morgan fingerprint density at radius 2 is 2.12 bits per heavy atom. The largest absolute Gasteiger partial charge is 0.506 e. The Kier molecular flexibility index (Phi) is 5.19. The minimum absolute atomic E-state index is 0.0389. The summed E-state index contributed by atoms with van der Waals surface area (Å²) >= 11 is 4.38. The molecule has 0 aliphatic carbocycles. The molecule has 6 nitrogen and oxygen atoms in total. The molecule has 1 atom stereocenters. The van der Waals surface area contributed by atoms with Gasteiger partial charge in [0.2, 0.25) is 5.91 Å². The van der Waals surface area contributed by atoms with Crippen LogP contribution in [0, 0.1) is 6.92 Å². The lowest BCUT2D eigenvalue weighted by Gasteiger charge is -2.22. The Hall–Kier alpha value is -1.42. The third-order valence-electron chi connectivity index (χ3n) is 4.03. The molecule has 0 saturated carbocycles. The zero-order valence-corrected chi connectivity index (χ0v) is 16.6. The first-order valence-corrected chi connectivity index (χ1v) is 10.7. The van der Waals surface area contributed by atoms with Crippen LogP contribution in [0.3, 0.4) is 0 Å². The molecule has 0 spiro atoms. The molecule has 1 fully saturated rings. The third kappa shape index (κ3) is 3.74.